The Bertz CT molecular complexity index is 2980. The van der Waals surface area contributed by atoms with Crippen LogP contribution in [0.5, 0.6) is 0 Å². The molecule has 2 aromatic heterocycles. The van der Waals surface area contributed by atoms with Crippen molar-refractivity contribution < 1.29 is 52.2 Å². The number of benzene rings is 2. The SMILES string of the molecule is Cc1ncsc1-c1ccc([C@H](C)NC(=O)[C@@H]2C[C@@H](O)CN2C(=O)[C@@H](NC(=O)C2CC3(CCN(C(=O)CN4CCN(CCN=Cc5cc(NC(=O)c6cccc(C(F)(F)F)n6)c(C(C)(C)O)cc5N)C4=O)CC3)C2)C(C)(C)C)cc1. The molecule has 19 nitrogen and oxygen atoms in total. The van der Waals surface area contributed by atoms with E-state index in [0.717, 1.165) is 39.9 Å². The number of β-amino-alcohol motifs (C(OH)–C–C–N with tert-alkyl or cyclic N) is 1. The largest absolute Gasteiger partial charge is 0.433 e. The maximum atomic E-state index is 14.4. The van der Waals surface area contributed by atoms with Crippen LogP contribution in [0.2, 0.25) is 0 Å². The number of aliphatic hydroxyl groups is 2. The number of urea groups is 1. The van der Waals surface area contributed by atoms with E-state index in [2.05, 4.69) is 30.9 Å². The van der Waals surface area contributed by atoms with Crippen LogP contribution in [0, 0.1) is 23.7 Å². The molecule has 424 valence electrons. The van der Waals surface area contributed by atoms with Crippen LogP contribution < -0.4 is 21.7 Å². The molecule has 2 aromatic carbocycles. The molecule has 1 spiro atoms. The van der Waals surface area contributed by atoms with Gasteiger partial charge in [-0.1, -0.05) is 51.1 Å². The molecule has 1 aliphatic carbocycles. The van der Waals surface area contributed by atoms with Crippen LogP contribution in [0.25, 0.3) is 10.4 Å². The van der Waals surface area contributed by atoms with Gasteiger partial charge < -0.3 is 51.5 Å². The summed E-state index contributed by atoms with van der Waals surface area (Å²) >= 11 is 1.56. The summed E-state index contributed by atoms with van der Waals surface area (Å²) in [6, 6.07) is 11.1. The molecular weight excluding hydrogens is 1040 g/mol. The molecule has 0 unspecified atom stereocenters. The lowest BCUT2D eigenvalue weighted by Crippen LogP contribution is -2.60. The highest BCUT2D eigenvalue weighted by atomic mass is 32.1. The third-order valence-electron chi connectivity index (χ3n) is 15.6. The van der Waals surface area contributed by atoms with Gasteiger partial charge in [0.25, 0.3) is 5.91 Å². The van der Waals surface area contributed by atoms with Crippen molar-refractivity contribution in [3.8, 4) is 10.4 Å². The lowest BCUT2D eigenvalue weighted by atomic mass is 9.57. The van der Waals surface area contributed by atoms with E-state index >= 15 is 0 Å². The van der Waals surface area contributed by atoms with Crippen molar-refractivity contribution >= 4 is 64.5 Å². The Morgan fingerprint density at radius 1 is 0.949 bits per heavy atom. The fourth-order valence-corrected chi connectivity index (χ4v) is 11.7. The molecule has 0 radical (unpaired) electrons. The molecule has 7 N–H and O–H groups in total. The van der Waals surface area contributed by atoms with Gasteiger partial charge in [0, 0.05) is 80.3 Å². The zero-order chi connectivity index (χ0) is 57.4. The van der Waals surface area contributed by atoms with Gasteiger partial charge in [0.05, 0.1) is 40.4 Å². The summed E-state index contributed by atoms with van der Waals surface area (Å²) in [6.45, 7) is 14.2. The van der Waals surface area contributed by atoms with Crippen LogP contribution in [0.1, 0.15) is 118 Å². The number of hydrogen-bond acceptors (Lipinski definition) is 13. The minimum Gasteiger partial charge on any atom is -0.398 e. The van der Waals surface area contributed by atoms with E-state index < -0.39 is 58.6 Å². The average molecular weight is 1110 g/mol. The van der Waals surface area contributed by atoms with Crippen molar-refractivity contribution in [3.63, 3.8) is 0 Å². The topological polar surface area (TPSA) is 256 Å². The summed E-state index contributed by atoms with van der Waals surface area (Å²) in [5, 5.41) is 30.2. The Morgan fingerprint density at radius 3 is 2.27 bits per heavy atom. The number of nitrogen functional groups attached to an aromatic ring is 1. The number of nitrogens with one attached hydrogen (secondary N) is 3. The van der Waals surface area contributed by atoms with E-state index in [1.165, 1.54) is 42.0 Å². The molecule has 1 saturated carbocycles. The number of carbonyl (C=O) groups excluding carboxylic acids is 6. The monoisotopic (exact) mass is 1110 g/mol. The number of nitrogens with two attached hydrogens (primary N) is 1. The third kappa shape index (κ3) is 13.4. The fraction of sp³-hybridized carbons (Fsp3) is 0.518. The van der Waals surface area contributed by atoms with Crippen LogP contribution in [-0.4, -0.2) is 152 Å². The number of hydrogen-bond donors (Lipinski definition) is 6. The number of halogens is 3. The fourth-order valence-electron chi connectivity index (χ4n) is 10.9. The number of aromatic nitrogens is 2. The number of likely N-dealkylation sites (tertiary alicyclic amines) is 2. The lowest BCUT2D eigenvalue weighted by Gasteiger charge is -2.52. The molecule has 4 fully saturated rings. The van der Waals surface area contributed by atoms with Gasteiger partial charge in [-0.25, -0.2) is 14.8 Å². The highest BCUT2D eigenvalue weighted by molar-refractivity contribution is 7.13. The lowest BCUT2D eigenvalue weighted by molar-refractivity contribution is -0.147. The predicted molar refractivity (Wildman–Crippen MR) is 292 cm³/mol. The Balaban J connectivity index is 0.784. The zero-order valence-electron chi connectivity index (χ0n) is 45.5. The number of alkyl halides is 3. The second kappa shape index (κ2) is 23.0. The molecule has 5 heterocycles. The average Bonchev–Trinajstić information content (AvgIpc) is 4.14. The number of aryl methyl sites for hydroxylation is 1. The summed E-state index contributed by atoms with van der Waals surface area (Å²) in [5.74, 6) is -2.51. The minimum atomic E-state index is -4.76. The van der Waals surface area contributed by atoms with E-state index in [-0.39, 0.29) is 90.7 Å². The molecule has 79 heavy (non-hydrogen) atoms. The Morgan fingerprint density at radius 2 is 1.63 bits per heavy atom. The summed E-state index contributed by atoms with van der Waals surface area (Å²) in [4.78, 5) is 102. The molecule has 7 amide bonds. The number of pyridine rings is 1. The number of piperidine rings is 1. The molecule has 23 heteroatoms. The second-order valence-corrected chi connectivity index (χ2v) is 23.8. The number of anilines is 2. The summed E-state index contributed by atoms with van der Waals surface area (Å²) in [6.07, 6.45) is -1.60. The van der Waals surface area contributed by atoms with Gasteiger partial charge in [0.15, 0.2) is 0 Å². The smallest absolute Gasteiger partial charge is 0.398 e. The van der Waals surface area contributed by atoms with Gasteiger partial charge in [-0.2, -0.15) is 13.2 Å². The van der Waals surface area contributed by atoms with Crippen LogP contribution in [0.3, 0.4) is 0 Å². The quantitative estimate of drug-likeness (QED) is 0.0549. The van der Waals surface area contributed by atoms with Gasteiger partial charge >= 0.3 is 12.2 Å². The molecule has 4 aromatic rings. The Labute approximate surface area is 461 Å². The highest BCUT2D eigenvalue weighted by Gasteiger charge is 2.51. The number of rotatable bonds is 16. The first kappa shape index (κ1) is 58.2. The number of amides is 7. The van der Waals surface area contributed by atoms with Gasteiger partial charge in [-0.15, -0.1) is 11.3 Å². The van der Waals surface area contributed by atoms with E-state index in [1.54, 1.807) is 26.6 Å². The highest BCUT2D eigenvalue weighted by Crippen LogP contribution is 2.53. The number of thiazole rings is 1. The van der Waals surface area contributed by atoms with Gasteiger partial charge in [0.2, 0.25) is 23.6 Å². The van der Waals surface area contributed by atoms with E-state index in [1.807, 2.05) is 58.9 Å². The standard InChI is InChI=1S/C56H70F3N11O8S/c1-32(34-11-13-35(14-12-34)46-33(2)62-31-79-46)63-50(75)43-24-38(71)29-70(43)51(76)47(53(3,4)5)66-48(73)37-26-55(27-37)15-18-67(19-16-55)45(72)30-69-22-21-68(52(69)77)20-17-61-28-36-23-42(39(25-40(36)60)54(6,7)78)65-49(74)41-9-8-10-44(64-41)56(57,58)59/h8-14,23,25,28,31-32,37-38,43,47,71,78H,15-22,24,26-27,29-30,60H2,1-7H3,(H,63,75)(H,65,74)(H,66,73)/t32-,38+,43-,47+/m0/s1. The number of carbonyl (C=O) groups is 6. The molecule has 8 rings (SSSR count). The number of aliphatic hydroxyl groups excluding tert-OH is 1. The number of aliphatic imine (C=N–C) groups is 1. The van der Waals surface area contributed by atoms with Crippen molar-refractivity contribution in [1.29, 1.82) is 0 Å². The van der Waals surface area contributed by atoms with Crippen molar-refractivity contribution in [3.05, 3.63) is 93.9 Å². The molecule has 4 atom stereocenters. The summed E-state index contributed by atoms with van der Waals surface area (Å²) in [5.41, 5.74) is 7.69. The molecule has 4 aliphatic rings. The van der Waals surface area contributed by atoms with Crippen LogP contribution >= 0.6 is 11.3 Å². The van der Waals surface area contributed by atoms with Crippen LogP contribution in [-0.2, 0) is 31.0 Å². The Hall–Kier alpha value is -6.98. The number of nitrogens with zero attached hydrogens (tertiary/aromatic N) is 7. The van der Waals surface area contributed by atoms with Gasteiger partial charge in [0.1, 0.15) is 30.0 Å². The van der Waals surface area contributed by atoms with Crippen molar-refractivity contribution in [2.75, 3.05) is 63.4 Å². The second-order valence-electron chi connectivity index (χ2n) is 23.0. The minimum absolute atomic E-state index is 0.0365. The van der Waals surface area contributed by atoms with Crippen molar-refractivity contribution in [2.45, 2.75) is 117 Å². The summed E-state index contributed by atoms with van der Waals surface area (Å²) < 4.78 is 39.9. The van der Waals surface area contributed by atoms with Gasteiger partial charge in [-0.05, 0) is 99.6 Å². The Kier molecular flexibility index (Phi) is 16.9. The van der Waals surface area contributed by atoms with E-state index in [4.69, 9.17) is 5.73 Å². The maximum Gasteiger partial charge on any atom is 0.433 e. The van der Waals surface area contributed by atoms with Gasteiger partial charge in [-0.3, -0.25) is 29.0 Å². The van der Waals surface area contributed by atoms with Crippen LogP contribution in [0.4, 0.5) is 29.3 Å². The predicted octanol–water partition coefficient (Wildman–Crippen LogP) is 6.14. The van der Waals surface area contributed by atoms with Crippen molar-refractivity contribution in [2.24, 2.45) is 21.7 Å². The third-order valence-corrected chi connectivity index (χ3v) is 16.6. The molecule has 0 bridgehead atoms. The summed E-state index contributed by atoms with van der Waals surface area (Å²) in [7, 11) is 0. The normalized spacial score (nSPS) is 19.7. The first-order valence-corrected chi connectivity index (χ1v) is 27.4. The van der Waals surface area contributed by atoms with Crippen molar-refractivity contribution in [1.82, 2.24) is 40.2 Å². The molecule has 3 aliphatic heterocycles. The van der Waals surface area contributed by atoms with E-state index in [9.17, 15) is 52.2 Å². The molecule has 3 saturated heterocycles. The first-order chi connectivity index (χ1) is 37.1. The first-order valence-electron chi connectivity index (χ1n) is 26.5. The zero-order valence-corrected chi connectivity index (χ0v) is 46.3. The van der Waals surface area contributed by atoms with E-state index in [0.29, 0.717) is 57.4 Å². The van der Waals surface area contributed by atoms with Crippen LogP contribution in [0.15, 0.2) is 65.1 Å². The molecular formula is C56H70F3N11O8S. The maximum absolute atomic E-state index is 14.4.